The van der Waals surface area contributed by atoms with Crippen molar-refractivity contribution in [1.82, 2.24) is 14.3 Å². The number of ether oxygens (including phenoxy) is 1. The lowest BCUT2D eigenvalue weighted by Gasteiger charge is -2.14. The van der Waals surface area contributed by atoms with Gasteiger partial charge < -0.3 is 19.2 Å². The molecule has 0 unspecified atom stereocenters. The number of carbonyl (C=O) groups is 2. The molecule has 0 fully saturated rings. The highest BCUT2D eigenvalue weighted by Gasteiger charge is 2.22. The molecule has 1 amide bonds. The summed E-state index contributed by atoms with van der Waals surface area (Å²) in [6, 6.07) is 13.4. The lowest BCUT2D eigenvalue weighted by Crippen LogP contribution is -2.30. The Morgan fingerprint density at radius 1 is 1.15 bits per heavy atom. The number of rotatable bonds is 9. The zero-order valence-electron chi connectivity index (χ0n) is 18.9. The molecular weight excluding hydrogens is 478 g/mol. The highest BCUT2D eigenvalue weighted by Crippen LogP contribution is 2.28. The monoisotopic (exact) mass is 502 g/mol. The van der Waals surface area contributed by atoms with Crippen LogP contribution in [-0.2, 0) is 27.7 Å². The van der Waals surface area contributed by atoms with E-state index >= 15 is 0 Å². The zero-order valence-corrected chi connectivity index (χ0v) is 20.5. The Balaban J connectivity index is 1.96. The Kier molecular flexibility index (Phi) is 8.00. The van der Waals surface area contributed by atoms with Crippen LogP contribution >= 0.6 is 11.8 Å². The fourth-order valence-electron chi connectivity index (χ4n) is 3.52. The summed E-state index contributed by atoms with van der Waals surface area (Å²) in [4.78, 5) is 27.7. The van der Waals surface area contributed by atoms with Gasteiger partial charge in [-0.05, 0) is 29.9 Å². The second kappa shape index (κ2) is 10.7. The van der Waals surface area contributed by atoms with Gasteiger partial charge in [-0.3, -0.25) is 0 Å². The molecule has 34 heavy (non-hydrogen) atoms. The molecule has 1 aromatic heterocycles. The van der Waals surface area contributed by atoms with Crippen LogP contribution in [0.5, 0.6) is 0 Å². The van der Waals surface area contributed by atoms with Crippen LogP contribution in [0.25, 0.3) is 11.1 Å². The maximum atomic E-state index is 12.6. The Hall–Kier alpha value is -3.31. The number of amides is 1. The number of methoxy groups -OCH3 is 1. The highest BCUT2D eigenvalue weighted by molar-refractivity contribution is 7.98. The molecule has 0 aliphatic carbocycles. The topological polar surface area (TPSA) is 130 Å². The minimum Gasteiger partial charge on any atom is -0.543 e. The van der Waals surface area contributed by atoms with Gasteiger partial charge in [0.15, 0.2) is 0 Å². The van der Waals surface area contributed by atoms with Crippen LogP contribution in [0.4, 0.5) is 4.79 Å². The van der Waals surface area contributed by atoms with E-state index < -0.39 is 22.1 Å². The maximum Gasteiger partial charge on any atom is 0.420 e. The van der Waals surface area contributed by atoms with Crippen molar-refractivity contribution in [3.8, 4) is 11.1 Å². The van der Waals surface area contributed by atoms with Crippen molar-refractivity contribution in [2.24, 2.45) is 0 Å². The van der Waals surface area contributed by atoms with Crippen LogP contribution < -0.4 is 9.83 Å². The molecule has 180 valence electrons. The number of imidazole rings is 1. The Morgan fingerprint density at radius 3 is 2.41 bits per heavy atom. The normalized spacial score (nSPS) is 11.3. The van der Waals surface area contributed by atoms with Crippen molar-refractivity contribution in [2.45, 2.75) is 36.2 Å². The molecule has 11 heteroatoms. The second-order valence-corrected chi connectivity index (χ2v) is 9.75. The average molecular weight is 503 g/mol. The third kappa shape index (κ3) is 5.42. The maximum absolute atomic E-state index is 12.6. The number of aromatic carboxylic acids is 1. The Bertz CT molecular complexity index is 1300. The summed E-state index contributed by atoms with van der Waals surface area (Å²) in [5.74, 6) is -0.617. The van der Waals surface area contributed by atoms with Crippen molar-refractivity contribution in [2.75, 3.05) is 13.4 Å². The van der Waals surface area contributed by atoms with Crippen LogP contribution in [0.1, 0.15) is 35.2 Å². The largest absolute Gasteiger partial charge is 0.543 e. The van der Waals surface area contributed by atoms with Gasteiger partial charge in [-0.25, -0.2) is 22.9 Å². The van der Waals surface area contributed by atoms with E-state index in [1.54, 1.807) is 53.3 Å². The standard InChI is InChI=1S/C23H25N3O6S2/c1-4-7-19-24-21(33-3)20(22(27)28)26(19)14-15-10-12-16(13-11-15)17-8-5-6-9-18(17)34(30,31)25-23(29)32-2/h5-6,8-13H,4,7,14H2,1-3H3,(H,25,29)(H,27,28)/p-1. The van der Waals surface area contributed by atoms with Crippen molar-refractivity contribution < 1.29 is 27.9 Å². The summed E-state index contributed by atoms with van der Waals surface area (Å²) in [5.41, 5.74) is 1.87. The van der Waals surface area contributed by atoms with Gasteiger partial charge in [0.25, 0.3) is 10.0 Å². The first-order valence-electron chi connectivity index (χ1n) is 10.4. The van der Waals surface area contributed by atoms with Gasteiger partial charge in [0.05, 0.1) is 23.7 Å². The van der Waals surface area contributed by atoms with Crippen LogP contribution in [0, 0.1) is 0 Å². The molecule has 0 saturated heterocycles. The van der Waals surface area contributed by atoms with E-state index in [4.69, 9.17) is 0 Å². The van der Waals surface area contributed by atoms with Crippen molar-refractivity contribution in [3.63, 3.8) is 0 Å². The van der Waals surface area contributed by atoms with E-state index in [0.29, 0.717) is 28.4 Å². The van der Waals surface area contributed by atoms with E-state index in [2.05, 4.69) is 9.72 Å². The number of thioether (sulfide) groups is 1. The van der Waals surface area contributed by atoms with Gasteiger partial charge in [-0.1, -0.05) is 49.4 Å². The van der Waals surface area contributed by atoms with E-state index in [1.807, 2.05) is 11.6 Å². The first-order valence-corrected chi connectivity index (χ1v) is 13.1. The predicted molar refractivity (Wildman–Crippen MR) is 126 cm³/mol. The number of aromatic nitrogens is 2. The van der Waals surface area contributed by atoms with Gasteiger partial charge in [-0.15, -0.1) is 11.8 Å². The molecule has 2 aromatic carbocycles. The third-order valence-corrected chi connectivity index (χ3v) is 7.10. The van der Waals surface area contributed by atoms with Crippen LogP contribution in [0.2, 0.25) is 0 Å². The lowest BCUT2D eigenvalue weighted by molar-refractivity contribution is -0.256. The molecule has 9 nitrogen and oxygen atoms in total. The predicted octanol–water partition coefficient (Wildman–Crippen LogP) is 2.68. The highest BCUT2D eigenvalue weighted by atomic mass is 32.2. The molecule has 0 atom stereocenters. The number of hydrogen-bond acceptors (Lipinski definition) is 8. The lowest BCUT2D eigenvalue weighted by atomic mass is 10.0. The number of hydrogen-bond donors (Lipinski definition) is 1. The third-order valence-electron chi connectivity index (χ3n) is 5.06. The number of carboxylic acid groups (broad SMARTS) is 1. The van der Waals surface area contributed by atoms with Crippen molar-refractivity contribution in [3.05, 3.63) is 65.6 Å². The van der Waals surface area contributed by atoms with Crippen LogP contribution in [0.15, 0.2) is 58.5 Å². The first-order chi connectivity index (χ1) is 16.2. The number of aryl methyl sites for hydroxylation is 1. The van der Waals surface area contributed by atoms with Gasteiger partial charge in [-0.2, -0.15) is 0 Å². The summed E-state index contributed by atoms with van der Waals surface area (Å²) in [6.07, 6.45) is 2.12. The summed E-state index contributed by atoms with van der Waals surface area (Å²) in [5, 5.41) is 12.2. The Labute approximate surface area is 202 Å². The number of carbonyl (C=O) groups excluding carboxylic acids is 2. The molecule has 1 N–H and O–H groups in total. The van der Waals surface area contributed by atoms with Gasteiger partial charge in [0.1, 0.15) is 10.9 Å². The molecule has 0 radical (unpaired) electrons. The number of nitrogens with zero attached hydrogens (tertiary/aromatic N) is 2. The molecule has 0 bridgehead atoms. The summed E-state index contributed by atoms with van der Waals surface area (Å²) in [7, 11) is -3.07. The Morgan fingerprint density at radius 2 is 1.82 bits per heavy atom. The average Bonchev–Trinajstić information content (AvgIpc) is 3.16. The number of nitrogens with one attached hydrogen (secondary N) is 1. The van der Waals surface area contributed by atoms with E-state index in [1.165, 1.54) is 17.8 Å². The molecule has 0 saturated carbocycles. The van der Waals surface area contributed by atoms with Gasteiger partial charge >= 0.3 is 6.09 Å². The molecule has 0 spiro atoms. The molecule has 3 aromatic rings. The SMILES string of the molecule is CCCc1nc(SC)c(C(=O)[O-])n1Cc1ccc(-c2ccccc2S(=O)(=O)NC(=O)OC)cc1. The molecular formula is C23H24N3O6S2-. The van der Waals surface area contributed by atoms with E-state index in [0.717, 1.165) is 19.1 Å². The first kappa shape index (κ1) is 25.3. The minimum atomic E-state index is -4.15. The number of benzene rings is 2. The molecule has 0 aliphatic rings. The van der Waals surface area contributed by atoms with Crippen LogP contribution in [0.3, 0.4) is 0 Å². The summed E-state index contributed by atoms with van der Waals surface area (Å²) < 4.78 is 33.2. The van der Waals surface area contributed by atoms with Gasteiger partial charge in [0.2, 0.25) is 0 Å². The molecule has 1 heterocycles. The summed E-state index contributed by atoms with van der Waals surface area (Å²) >= 11 is 1.26. The number of carboxylic acids is 1. The van der Waals surface area contributed by atoms with Crippen LogP contribution in [-0.4, -0.2) is 43.4 Å². The fraction of sp³-hybridized carbons (Fsp3) is 0.261. The van der Waals surface area contributed by atoms with Gasteiger partial charge in [0, 0.05) is 18.5 Å². The molecule has 3 rings (SSSR count). The smallest absolute Gasteiger partial charge is 0.420 e. The fourth-order valence-corrected chi connectivity index (χ4v) is 5.25. The van der Waals surface area contributed by atoms with Crippen molar-refractivity contribution >= 4 is 33.8 Å². The van der Waals surface area contributed by atoms with Crippen molar-refractivity contribution in [1.29, 1.82) is 0 Å². The quantitative estimate of drug-likeness (QED) is 0.442. The van der Waals surface area contributed by atoms with E-state index in [-0.39, 0.29) is 17.1 Å². The minimum absolute atomic E-state index is 0.0466. The molecule has 0 aliphatic heterocycles. The zero-order chi connectivity index (χ0) is 24.9. The van der Waals surface area contributed by atoms with E-state index in [9.17, 15) is 23.1 Å². The number of sulfonamides is 1. The second-order valence-electron chi connectivity index (χ2n) is 7.30. The summed E-state index contributed by atoms with van der Waals surface area (Å²) in [6.45, 7) is 2.27.